The summed E-state index contributed by atoms with van der Waals surface area (Å²) in [5, 5.41) is 4.20. The van der Waals surface area contributed by atoms with Crippen LogP contribution in [0, 0.1) is 0 Å². The van der Waals surface area contributed by atoms with Crippen LogP contribution in [0.1, 0.15) is 18.4 Å². The Bertz CT molecular complexity index is 1050. The van der Waals surface area contributed by atoms with E-state index in [0.717, 1.165) is 21.8 Å². The van der Waals surface area contributed by atoms with Gasteiger partial charge in [0, 0.05) is 30.1 Å². The van der Waals surface area contributed by atoms with Crippen LogP contribution in [0.25, 0.3) is 5.69 Å². The fourth-order valence-corrected chi connectivity index (χ4v) is 5.11. The number of amides is 1. The first-order chi connectivity index (χ1) is 13.7. The highest BCUT2D eigenvalue weighted by atomic mass is 32.2. The van der Waals surface area contributed by atoms with Crippen LogP contribution < -0.4 is 4.90 Å². The highest BCUT2D eigenvalue weighted by Gasteiger charge is 2.58. The van der Waals surface area contributed by atoms with E-state index in [4.69, 9.17) is 4.74 Å². The number of hydrogen-bond acceptors (Lipinski definition) is 5. The van der Waals surface area contributed by atoms with Crippen LogP contribution in [0.3, 0.4) is 0 Å². The van der Waals surface area contributed by atoms with Crippen molar-refractivity contribution in [3.63, 3.8) is 0 Å². The number of nitrogens with zero attached hydrogens (tertiary/aromatic N) is 3. The van der Waals surface area contributed by atoms with Crippen molar-refractivity contribution in [1.29, 1.82) is 0 Å². The average molecular weight is 391 g/mol. The minimum atomic E-state index is -0.976. The van der Waals surface area contributed by atoms with Gasteiger partial charge in [-0.3, -0.25) is 9.69 Å². The summed E-state index contributed by atoms with van der Waals surface area (Å²) in [6, 6.07) is 17.2. The molecule has 0 bridgehead atoms. The molecule has 1 fully saturated rings. The molecule has 2 aliphatic rings. The van der Waals surface area contributed by atoms with Crippen molar-refractivity contribution in [2.45, 2.75) is 29.2 Å². The Morgan fingerprint density at radius 1 is 1.14 bits per heavy atom. The van der Waals surface area contributed by atoms with Gasteiger partial charge in [0.25, 0.3) is 0 Å². The second kappa shape index (κ2) is 6.53. The molecule has 1 aromatic heterocycles. The van der Waals surface area contributed by atoms with Gasteiger partial charge in [-0.1, -0.05) is 36.0 Å². The summed E-state index contributed by atoms with van der Waals surface area (Å²) in [5.41, 5.74) is 2.63. The van der Waals surface area contributed by atoms with Crippen molar-refractivity contribution in [2.75, 3.05) is 4.90 Å². The van der Waals surface area contributed by atoms with Crippen molar-refractivity contribution in [3.8, 4) is 5.69 Å². The maximum Gasteiger partial charge on any atom is 0.343 e. The molecule has 0 spiro atoms. The first kappa shape index (κ1) is 17.1. The maximum absolute atomic E-state index is 13.0. The highest BCUT2D eigenvalue weighted by Crippen LogP contribution is 2.56. The van der Waals surface area contributed by atoms with Gasteiger partial charge in [-0.25, -0.2) is 9.48 Å². The van der Waals surface area contributed by atoms with Gasteiger partial charge in [-0.05, 0) is 35.9 Å². The van der Waals surface area contributed by atoms with Crippen molar-refractivity contribution in [1.82, 2.24) is 9.78 Å². The molecule has 1 atom stereocenters. The third-order valence-electron chi connectivity index (χ3n) is 5.07. The van der Waals surface area contributed by atoms with E-state index in [-0.39, 0.29) is 18.5 Å². The Kier molecular flexibility index (Phi) is 3.98. The van der Waals surface area contributed by atoms with Gasteiger partial charge in [0.1, 0.15) is 6.61 Å². The van der Waals surface area contributed by atoms with E-state index >= 15 is 0 Å². The third-order valence-corrected chi connectivity index (χ3v) is 6.52. The molecule has 2 aliphatic heterocycles. The minimum absolute atomic E-state index is 0.0297. The van der Waals surface area contributed by atoms with Crippen molar-refractivity contribution in [3.05, 3.63) is 72.6 Å². The van der Waals surface area contributed by atoms with Crippen molar-refractivity contribution in [2.24, 2.45) is 0 Å². The molecule has 2 aromatic carbocycles. The Labute approximate surface area is 166 Å². The average Bonchev–Trinajstić information content (AvgIpc) is 3.43. The molecule has 0 N–H and O–H groups in total. The highest BCUT2D eigenvalue weighted by molar-refractivity contribution is 8.02. The van der Waals surface area contributed by atoms with E-state index < -0.39 is 4.87 Å². The number of thioether (sulfide) groups is 1. The summed E-state index contributed by atoms with van der Waals surface area (Å²) in [5.74, 6) is -0.395. The number of fused-ring (bicyclic) bond motifs is 3. The number of benzene rings is 2. The summed E-state index contributed by atoms with van der Waals surface area (Å²) < 4.78 is 7.42. The van der Waals surface area contributed by atoms with E-state index in [1.54, 1.807) is 15.8 Å². The van der Waals surface area contributed by atoms with Crippen LogP contribution in [0.2, 0.25) is 0 Å². The van der Waals surface area contributed by atoms with Gasteiger partial charge in [-0.2, -0.15) is 5.10 Å². The topological polar surface area (TPSA) is 64.4 Å². The molecule has 1 saturated heterocycles. The van der Waals surface area contributed by atoms with Gasteiger partial charge in [0.05, 0.1) is 11.4 Å². The lowest BCUT2D eigenvalue weighted by Gasteiger charge is -2.28. The first-order valence-electron chi connectivity index (χ1n) is 9.05. The second-order valence-corrected chi connectivity index (χ2v) is 8.10. The standard InChI is InChI=1S/C21H17N3O3S/c25-19-10-11-21(24(19)17-4-1-2-5-18(17)28-21)20(26)27-14-15-6-8-16(9-7-15)23-13-3-12-22-23/h1-9,12-13H,10-11,14H2/t21-/m0/s1. The number of ether oxygens (including phenoxy) is 1. The van der Waals surface area contributed by atoms with Gasteiger partial charge < -0.3 is 4.74 Å². The molecule has 7 heteroatoms. The fourth-order valence-electron chi connectivity index (χ4n) is 3.70. The summed E-state index contributed by atoms with van der Waals surface area (Å²) in [6.45, 7) is 0.166. The predicted molar refractivity (Wildman–Crippen MR) is 105 cm³/mol. The zero-order valence-electron chi connectivity index (χ0n) is 14.9. The SMILES string of the molecule is O=C1CC[C@@]2(C(=O)OCc3ccc(-n4cccn4)cc3)Sc3ccccc3N12. The molecule has 0 radical (unpaired) electrons. The number of para-hydroxylation sites is 1. The molecule has 0 saturated carbocycles. The molecule has 0 aliphatic carbocycles. The molecule has 3 heterocycles. The largest absolute Gasteiger partial charge is 0.458 e. The summed E-state index contributed by atoms with van der Waals surface area (Å²) in [6.07, 6.45) is 4.41. The Balaban J connectivity index is 1.33. The van der Waals surface area contributed by atoms with Crippen molar-refractivity contribution < 1.29 is 14.3 Å². The van der Waals surface area contributed by atoms with Crippen LogP contribution in [-0.4, -0.2) is 26.5 Å². The molecule has 1 amide bonds. The van der Waals surface area contributed by atoms with Gasteiger partial charge in [0.2, 0.25) is 5.91 Å². The molecule has 140 valence electrons. The first-order valence-corrected chi connectivity index (χ1v) is 9.86. The monoisotopic (exact) mass is 391 g/mol. The van der Waals surface area contributed by atoms with Crippen molar-refractivity contribution >= 4 is 29.3 Å². The predicted octanol–water partition coefficient (Wildman–Crippen LogP) is 3.54. The lowest BCUT2D eigenvalue weighted by Crippen LogP contribution is -2.47. The number of anilines is 1. The van der Waals surface area contributed by atoms with Gasteiger partial charge in [-0.15, -0.1) is 0 Å². The lowest BCUT2D eigenvalue weighted by molar-refractivity contribution is -0.148. The second-order valence-electron chi connectivity index (χ2n) is 6.78. The van der Waals surface area contributed by atoms with Crippen LogP contribution >= 0.6 is 11.8 Å². The smallest absolute Gasteiger partial charge is 0.343 e. The Hall–Kier alpha value is -3.06. The van der Waals surface area contributed by atoms with E-state index in [1.165, 1.54) is 11.8 Å². The number of carbonyl (C=O) groups is 2. The lowest BCUT2D eigenvalue weighted by atomic mass is 10.2. The normalized spacial score (nSPS) is 20.1. The number of hydrogen-bond donors (Lipinski definition) is 0. The molecule has 5 rings (SSSR count). The molecule has 6 nitrogen and oxygen atoms in total. The number of rotatable bonds is 4. The maximum atomic E-state index is 13.0. The van der Waals surface area contributed by atoms with Gasteiger partial charge in [0.15, 0.2) is 4.87 Å². The van der Waals surface area contributed by atoms with Crippen LogP contribution in [0.15, 0.2) is 71.9 Å². The number of aromatic nitrogens is 2. The van der Waals surface area contributed by atoms with E-state index in [2.05, 4.69) is 5.10 Å². The number of esters is 1. The fraction of sp³-hybridized carbons (Fsp3) is 0.190. The number of carbonyl (C=O) groups excluding carboxylic acids is 2. The van der Waals surface area contributed by atoms with E-state index in [1.807, 2.05) is 60.8 Å². The molecule has 28 heavy (non-hydrogen) atoms. The summed E-state index contributed by atoms with van der Waals surface area (Å²) in [7, 11) is 0. The summed E-state index contributed by atoms with van der Waals surface area (Å²) in [4.78, 5) is 27.1. The zero-order valence-corrected chi connectivity index (χ0v) is 15.8. The molecule has 3 aromatic rings. The minimum Gasteiger partial charge on any atom is -0.458 e. The Morgan fingerprint density at radius 3 is 2.75 bits per heavy atom. The third kappa shape index (κ3) is 2.62. The molecule has 0 unspecified atom stereocenters. The molecular formula is C21H17N3O3S. The van der Waals surface area contributed by atoms with Crippen LogP contribution in [-0.2, 0) is 20.9 Å². The van der Waals surface area contributed by atoms with E-state index in [0.29, 0.717) is 12.8 Å². The van der Waals surface area contributed by atoms with Gasteiger partial charge >= 0.3 is 5.97 Å². The van der Waals surface area contributed by atoms with E-state index in [9.17, 15) is 9.59 Å². The van der Waals surface area contributed by atoms with Crippen LogP contribution in [0.4, 0.5) is 5.69 Å². The summed E-state index contributed by atoms with van der Waals surface area (Å²) >= 11 is 1.42. The zero-order chi connectivity index (χ0) is 19.1. The quantitative estimate of drug-likeness (QED) is 0.637. The molecular weight excluding hydrogens is 374 g/mol. The van der Waals surface area contributed by atoms with Crippen LogP contribution in [0.5, 0.6) is 0 Å². The Morgan fingerprint density at radius 2 is 1.96 bits per heavy atom.